The molecule has 0 saturated carbocycles. The predicted molar refractivity (Wildman–Crippen MR) is 62.1 cm³/mol. The molecule has 0 spiro atoms. The van der Waals surface area contributed by atoms with E-state index in [2.05, 4.69) is 0 Å². The summed E-state index contributed by atoms with van der Waals surface area (Å²) in [5, 5.41) is 9.38. The van der Waals surface area contributed by atoms with Gasteiger partial charge in [-0.05, 0) is 31.0 Å². The first-order chi connectivity index (χ1) is 7.58. The summed E-state index contributed by atoms with van der Waals surface area (Å²) in [5.74, 6) is -0.0888. The van der Waals surface area contributed by atoms with Crippen LogP contribution in [0.4, 0.5) is 5.69 Å². The van der Waals surface area contributed by atoms with Crippen LogP contribution in [0.2, 0.25) is 0 Å². The zero-order valence-electron chi connectivity index (χ0n) is 9.31. The van der Waals surface area contributed by atoms with Gasteiger partial charge in [0.2, 0.25) is 0 Å². The summed E-state index contributed by atoms with van der Waals surface area (Å²) in [6, 6.07) is 5.41. The van der Waals surface area contributed by atoms with Gasteiger partial charge in [-0.3, -0.25) is 4.79 Å². The Balaban J connectivity index is 2.21. The number of hydrogen-bond acceptors (Lipinski definition) is 3. The first kappa shape index (κ1) is 11.0. The van der Waals surface area contributed by atoms with Crippen molar-refractivity contribution in [2.24, 2.45) is 0 Å². The lowest BCUT2D eigenvalue weighted by Crippen LogP contribution is -2.30. The Morgan fingerprint density at radius 2 is 2.31 bits per heavy atom. The average molecular weight is 220 g/mol. The minimum Gasteiger partial charge on any atom is -0.398 e. The molecule has 4 nitrogen and oxygen atoms in total. The number of amides is 1. The van der Waals surface area contributed by atoms with Crippen LogP contribution in [0.15, 0.2) is 18.2 Å². The lowest BCUT2D eigenvalue weighted by molar-refractivity contribution is 0.0766. The van der Waals surface area contributed by atoms with Crippen molar-refractivity contribution >= 4 is 11.6 Å². The molecule has 1 amide bonds. The van der Waals surface area contributed by atoms with E-state index in [0.717, 1.165) is 5.56 Å². The maximum absolute atomic E-state index is 12.1. The summed E-state index contributed by atoms with van der Waals surface area (Å²) in [6.07, 6.45) is 0.257. The number of nitrogen functional groups attached to an aromatic ring is 1. The number of nitrogens with two attached hydrogens (primary N) is 1. The third-order valence-electron chi connectivity index (χ3n) is 2.89. The van der Waals surface area contributed by atoms with Gasteiger partial charge in [0.15, 0.2) is 0 Å². The molecule has 2 rings (SSSR count). The largest absolute Gasteiger partial charge is 0.398 e. The maximum Gasteiger partial charge on any atom is 0.256 e. The predicted octanol–water partition coefficient (Wildman–Crippen LogP) is 0.784. The van der Waals surface area contributed by atoms with Crippen molar-refractivity contribution in [2.45, 2.75) is 19.4 Å². The van der Waals surface area contributed by atoms with Crippen molar-refractivity contribution in [2.75, 3.05) is 18.8 Å². The van der Waals surface area contributed by atoms with Crippen LogP contribution in [0.3, 0.4) is 0 Å². The fourth-order valence-electron chi connectivity index (χ4n) is 1.97. The molecule has 1 aliphatic rings. The second kappa shape index (κ2) is 4.14. The van der Waals surface area contributed by atoms with Crippen LogP contribution in [0.5, 0.6) is 0 Å². The van der Waals surface area contributed by atoms with Gasteiger partial charge in [0, 0.05) is 18.8 Å². The average Bonchev–Trinajstić information content (AvgIpc) is 2.64. The number of nitrogens with zero attached hydrogens (tertiary/aromatic N) is 1. The summed E-state index contributed by atoms with van der Waals surface area (Å²) >= 11 is 0. The van der Waals surface area contributed by atoms with Crippen molar-refractivity contribution in [3.63, 3.8) is 0 Å². The molecule has 1 aliphatic heterocycles. The molecule has 0 radical (unpaired) electrons. The summed E-state index contributed by atoms with van der Waals surface area (Å²) in [6.45, 7) is 2.95. The number of hydrogen-bond donors (Lipinski definition) is 2. The van der Waals surface area contributed by atoms with Crippen LogP contribution in [0.1, 0.15) is 22.3 Å². The number of rotatable bonds is 1. The Morgan fingerprint density at radius 1 is 1.56 bits per heavy atom. The van der Waals surface area contributed by atoms with E-state index >= 15 is 0 Å². The SMILES string of the molecule is Cc1ccc(C(=O)N2CCC(O)C2)c(N)c1. The van der Waals surface area contributed by atoms with Gasteiger partial charge in [-0.2, -0.15) is 0 Å². The van der Waals surface area contributed by atoms with Crippen LogP contribution in [-0.4, -0.2) is 35.1 Å². The van der Waals surface area contributed by atoms with Gasteiger partial charge >= 0.3 is 0 Å². The Bertz CT molecular complexity index is 417. The number of β-amino-alcohol motifs (C(OH)–C–C–N with tert-alkyl or cyclic N) is 1. The third-order valence-corrected chi connectivity index (χ3v) is 2.89. The molecule has 1 atom stereocenters. The Kier molecular flexibility index (Phi) is 2.83. The van der Waals surface area contributed by atoms with Crippen molar-refractivity contribution in [3.05, 3.63) is 29.3 Å². The number of carbonyl (C=O) groups is 1. The zero-order valence-corrected chi connectivity index (χ0v) is 9.31. The number of aryl methyl sites for hydroxylation is 1. The van der Waals surface area contributed by atoms with E-state index in [1.807, 2.05) is 13.0 Å². The van der Waals surface area contributed by atoms with Crippen molar-refractivity contribution in [1.82, 2.24) is 4.90 Å². The minimum atomic E-state index is -0.393. The normalized spacial score (nSPS) is 20.1. The van der Waals surface area contributed by atoms with E-state index in [1.54, 1.807) is 17.0 Å². The molecule has 1 heterocycles. The quantitative estimate of drug-likeness (QED) is 0.687. The Hall–Kier alpha value is -1.55. The fraction of sp³-hybridized carbons (Fsp3) is 0.417. The highest BCUT2D eigenvalue weighted by atomic mass is 16.3. The Labute approximate surface area is 94.7 Å². The standard InChI is InChI=1S/C12H16N2O2/c1-8-2-3-10(11(13)6-8)12(16)14-5-4-9(15)7-14/h2-3,6,9,15H,4-5,7,13H2,1H3. The molecule has 0 bridgehead atoms. The van der Waals surface area contributed by atoms with Gasteiger partial charge in [0.1, 0.15) is 0 Å². The highest BCUT2D eigenvalue weighted by Gasteiger charge is 2.26. The van der Waals surface area contributed by atoms with Gasteiger partial charge in [0.25, 0.3) is 5.91 Å². The van der Waals surface area contributed by atoms with Crippen LogP contribution < -0.4 is 5.73 Å². The van der Waals surface area contributed by atoms with E-state index in [0.29, 0.717) is 30.8 Å². The van der Waals surface area contributed by atoms with E-state index in [1.165, 1.54) is 0 Å². The zero-order chi connectivity index (χ0) is 11.7. The van der Waals surface area contributed by atoms with Crippen LogP contribution >= 0.6 is 0 Å². The van der Waals surface area contributed by atoms with Gasteiger partial charge in [-0.1, -0.05) is 6.07 Å². The molecule has 4 heteroatoms. The van der Waals surface area contributed by atoms with Crippen molar-refractivity contribution in [3.8, 4) is 0 Å². The van der Waals surface area contributed by atoms with E-state index in [-0.39, 0.29) is 5.91 Å². The van der Waals surface area contributed by atoms with Gasteiger partial charge in [0.05, 0.1) is 11.7 Å². The number of aliphatic hydroxyl groups is 1. The lowest BCUT2D eigenvalue weighted by Gasteiger charge is -2.16. The highest BCUT2D eigenvalue weighted by Crippen LogP contribution is 2.19. The molecule has 1 unspecified atom stereocenters. The molecule has 1 aromatic carbocycles. The van der Waals surface area contributed by atoms with Gasteiger partial charge < -0.3 is 15.7 Å². The van der Waals surface area contributed by atoms with Crippen LogP contribution in [-0.2, 0) is 0 Å². The molecule has 16 heavy (non-hydrogen) atoms. The molecule has 86 valence electrons. The van der Waals surface area contributed by atoms with Gasteiger partial charge in [-0.15, -0.1) is 0 Å². The summed E-state index contributed by atoms with van der Waals surface area (Å²) < 4.78 is 0. The van der Waals surface area contributed by atoms with Crippen molar-refractivity contribution in [1.29, 1.82) is 0 Å². The molecule has 1 aromatic rings. The maximum atomic E-state index is 12.1. The lowest BCUT2D eigenvalue weighted by atomic mass is 10.1. The molecule has 3 N–H and O–H groups in total. The van der Waals surface area contributed by atoms with Crippen molar-refractivity contribution < 1.29 is 9.90 Å². The minimum absolute atomic E-state index is 0.0888. The van der Waals surface area contributed by atoms with E-state index < -0.39 is 6.10 Å². The summed E-state index contributed by atoms with van der Waals surface area (Å²) in [4.78, 5) is 13.7. The summed E-state index contributed by atoms with van der Waals surface area (Å²) in [7, 11) is 0. The fourth-order valence-corrected chi connectivity index (χ4v) is 1.97. The Morgan fingerprint density at radius 3 is 2.88 bits per heavy atom. The number of benzene rings is 1. The first-order valence-electron chi connectivity index (χ1n) is 5.41. The molecule has 0 aromatic heterocycles. The highest BCUT2D eigenvalue weighted by molar-refractivity contribution is 5.99. The molecule has 0 aliphatic carbocycles. The number of aliphatic hydroxyl groups excluding tert-OH is 1. The van der Waals surface area contributed by atoms with Crippen LogP contribution in [0.25, 0.3) is 0 Å². The smallest absolute Gasteiger partial charge is 0.256 e. The monoisotopic (exact) mass is 220 g/mol. The molecule has 1 saturated heterocycles. The van der Waals surface area contributed by atoms with Crippen LogP contribution in [0, 0.1) is 6.92 Å². The number of likely N-dealkylation sites (tertiary alicyclic amines) is 1. The number of anilines is 1. The summed E-state index contributed by atoms with van der Waals surface area (Å²) in [5.41, 5.74) is 7.89. The van der Waals surface area contributed by atoms with E-state index in [9.17, 15) is 9.90 Å². The second-order valence-corrected chi connectivity index (χ2v) is 4.28. The first-order valence-corrected chi connectivity index (χ1v) is 5.41. The third kappa shape index (κ3) is 2.02. The van der Waals surface area contributed by atoms with Gasteiger partial charge in [-0.25, -0.2) is 0 Å². The molecular formula is C12H16N2O2. The molecule has 1 fully saturated rings. The van der Waals surface area contributed by atoms with E-state index in [4.69, 9.17) is 5.73 Å². The topological polar surface area (TPSA) is 66.6 Å². The second-order valence-electron chi connectivity index (χ2n) is 4.28. The molecular weight excluding hydrogens is 204 g/mol. The number of carbonyl (C=O) groups excluding carboxylic acids is 1.